The molecule has 9 heteroatoms. The number of benzene rings is 2. The quantitative estimate of drug-likeness (QED) is 0.469. The summed E-state index contributed by atoms with van der Waals surface area (Å²) in [6, 6.07) is 12.6. The Morgan fingerprint density at radius 2 is 2.10 bits per heavy atom. The van der Waals surface area contributed by atoms with Crippen molar-refractivity contribution in [2.75, 3.05) is 5.75 Å². The van der Waals surface area contributed by atoms with E-state index in [1.54, 1.807) is 31.2 Å². The van der Waals surface area contributed by atoms with Crippen LogP contribution in [0.4, 0.5) is 4.39 Å². The van der Waals surface area contributed by atoms with Crippen LogP contribution < -0.4 is 10.1 Å². The third kappa shape index (κ3) is 5.57. The number of aromatic nitrogens is 3. The minimum absolute atomic E-state index is 0.148. The predicted molar refractivity (Wildman–Crippen MR) is 118 cm³/mol. The number of ether oxygens (including phenoxy) is 1. The highest BCUT2D eigenvalue weighted by Crippen LogP contribution is 2.39. The molecule has 4 rings (SSSR count). The number of amides is 1. The van der Waals surface area contributed by atoms with Crippen LogP contribution in [-0.2, 0) is 17.9 Å². The van der Waals surface area contributed by atoms with Crippen molar-refractivity contribution in [3.63, 3.8) is 0 Å². The molecule has 0 aliphatic heterocycles. The van der Waals surface area contributed by atoms with Gasteiger partial charge in [-0.1, -0.05) is 47.6 Å². The fourth-order valence-electron chi connectivity index (χ4n) is 3.04. The number of nitrogens with zero attached hydrogens (tertiary/aromatic N) is 3. The zero-order chi connectivity index (χ0) is 21.8. The molecular weight excluding hydrogens is 439 g/mol. The van der Waals surface area contributed by atoms with Gasteiger partial charge < -0.3 is 10.1 Å². The van der Waals surface area contributed by atoms with E-state index in [0.29, 0.717) is 33.4 Å². The summed E-state index contributed by atoms with van der Waals surface area (Å²) in [6.07, 6.45) is 2.10. The monoisotopic (exact) mass is 460 g/mol. The van der Waals surface area contributed by atoms with E-state index < -0.39 is 0 Å². The molecule has 1 aliphatic carbocycles. The number of hydrogen-bond acceptors (Lipinski definition) is 5. The highest BCUT2D eigenvalue weighted by atomic mass is 35.5. The molecule has 0 bridgehead atoms. The number of aryl methyl sites for hydroxylation is 1. The lowest BCUT2D eigenvalue weighted by molar-refractivity contribution is -0.118. The fourth-order valence-corrected chi connectivity index (χ4v) is 4.08. The van der Waals surface area contributed by atoms with Gasteiger partial charge in [0.05, 0.1) is 10.8 Å². The number of carbonyl (C=O) groups is 1. The van der Waals surface area contributed by atoms with Crippen molar-refractivity contribution < 1.29 is 13.9 Å². The minimum Gasteiger partial charge on any atom is -0.484 e. The third-order valence-electron chi connectivity index (χ3n) is 4.90. The number of rotatable bonds is 9. The summed E-state index contributed by atoms with van der Waals surface area (Å²) < 4.78 is 21.5. The standard InChI is InChI=1S/C22H22ClFN4O2S/c1-14-6-7-15(10-18(14)24)11-25-21(29)13-31-22-27-26-20(28(22)16-8-9-16)12-30-19-5-3-2-4-17(19)23/h2-7,10,16H,8-9,11-13H2,1H3,(H,25,29). The highest BCUT2D eigenvalue weighted by molar-refractivity contribution is 7.99. The Kier molecular flexibility index (Phi) is 6.77. The molecule has 0 radical (unpaired) electrons. The Morgan fingerprint density at radius 3 is 2.84 bits per heavy atom. The first-order valence-electron chi connectivity index (χ1n) is 9.97. The van der Waals surface area contributed by atoms with E-state index in [2.05, 4.69) is 15.5 Å². The SMILES string of the molecule is Cc1ccc(CNC(=O)CSc2nnc(COc3ccccc3Cl)n2C2CC2)cc1F. The Labute approximate surface area is 189 Å². The molecule has 0 spiro atoms. The van der Waals surface area contributed by atoms with Crippen LogP contribution >= 0.6 is 23.4 Å². The van der Waals surface area contributed by atoms with Crippen LogP contribution in [0.1, 0.15) is 35.8 Å². The smallest absolute Gasteiger partial charge is 0.230 e. The molecule has 1 N–H and O–H groups in total. The number of thioether (sulfide) groups is 1. The van der Waals surface area contributed by atoms with Crippen molar-refractivity contribution in [3.05, 3.63) is 70.3 Å². The van der Waals surface area contributed by atoms with Gasteiger partial charge >= 0.3 is 0 Å². The van der Waals surface area contributed by atoms with E-state index in [4.69, 9.17) is 16.3 Å². The average Bonchev–Trinajstić information content (AvgIpc) is 3.52. The van der Waals surface area contributed by atoms with Crippen LogP contribution in [-0.4, -0.2) is 26.4 Å². The number of para-hydroxylation sites is 1. The van der Waals surface area contributed by atoms with Gasteiger partial charge in [-0.15, -0.1) is 10.2 Å². The van der Waals surface area contributed by atoms with Gasteiger partial charge in [0.15, 0.2) is 11.0 Å². The lowest BCUT2D eigenvalue weighted by Gasteiger charge is -2.11. The summed E-state index contributed by atoms with van der Waals surface area (Å²) >= 11 is 7.48. The molecule has 0 unspecified atom stereocenters. The van der Waals surface area contributed by atoms with Gasteiger partial charge in [-0.3, -0.25) is 9.36 Å². The molecule has 0 atom stereocenters. The van der Waals surface area contributed by atoms with Crippen LogP contribution in [0.5, 0.6) is 5.75 Å². The van der Waals surface area contributed by atoms with Gasteiger partial charge in [0.2, 0.25) is 5.91 Å². The van der Waals surface area contributed by atoms with Gasteiger partial charge in [0, 0.05) is 12.6 Å². The van der Waals surface area contributed by atoms with E-state index in [1.165, 1.54) is 17.8 Å². The van der Waals surface area contributed by atoms with Crippen molar-refractivity contribution in [2.45, 2.75) is 44.1 Å². The molecule has 6 nitrogen and oxygen atoms in total. The summed E-state index contributed by atoms with van der Waals surface area (Å²) in [4.78, 5) is 12.3. The van der Waals surface area contributed by atoms with E-state index in [-0.39, 0.29) is 30.6 Å². The fraction of sp³-hybridized carbons (Fsp3) is 0.318. The summed E-state index contributed by atoms with van der Waals surface area (Å²) in [5, 5.41) is 12.6. The van der Waals surface area contributed by atoms with E-state index in [9.17, 15) is 9.18 Å². The second-order valence-electron chi connectivity index (χ2n) is 7.37. The topological polar surface area (TPSA) is 69.0 Å². The van der Waals surface area contributed by atoms with Crippen molar-refractivity contribution in [1.29, 1.82) is 0 Å². The van der Waals surface area contributed by atoms with Crippen LogP contribution in [0.3, 0.4) is 0 Å². The molecule has 162 valence electrons. The Balaban J connectivity index is 1.33. The average molecular weight is 461 g/mol. The van der Waals surface area contributed by atoms with Gasteiger partial charge in [0.1, 0.15) is 18.2 Å². The summed E-state index contributed by atoms with van der Waals surface area (Å²) in [5.74, 6) is 1.08. The molecule has 0 saturated heterocycles. The molecule has 31 heavy (non-hydrogen) atoms. The van der Waals surface area contributed by atoms with Gasteiger partial charge in [-0.25, -0.2) is 4.39 Å². The maximum Gasteiger partial charge on any atom is 0.230 e. The first-order valence-corrected chi connectivity index (χ1v) is 11.3. The van der Waals surface area contributed by atoms with Gasteiger partial charge in [0.25, 0.3) is 0 Å². The van der Waals surface area contributed by atoms with Crippen LogP contribution in [0.15, 0.2) is 47.6 Å². The molecule has 1 aliphatic rings. The molecule has 3 aromatic rings. The molecular formula is C22H22ClFN4O2S. The van der Waals surface area contributed by atoms with Crippen LogP contribution in [0, 0.1) is 12.7 Å². The van der Waals surface area contributed by atoms with Gasteiger partial charge in [-0.05, 0) is 49.1 Å². The second-order valence-corrected chi connectivity index (χ2v) is 8.72. The van der Waals surface area contributed by atoms with E-state index in [1.807, 2.05) is 16.7 Å². The lowest BCUT2D eigenvalue weighted by Crippen LogP contribution is -2.24. The molecule has 1 saturated carbocycles. The highest BCUT2D eigenvalue weighted by Gasteiger charge is 2.30. The number of hydrogen-bond donors (Lipinski definition) is 1. The summed E-state index contributed by atoms with van der Waals surface area (Å²) in [7, 11) is 0. The van der Waals surface area contributed by atoms with Gasteiger partial charge in [-0.2, -0.15) is 0 Å². The van der Waals surface area contributed by atoms with Crippen molar-refractivity contribution in [1.82, 2.24) is 20.1 Å². The first kappa shape index (κ1) is 21.6. The minimum atomic E-state index is -0.273. The third-order valence-corrected chi connectivity index (χ3v) is 6.15. The van der Waals surface area contributed by atoms with Crippen molar-refractivity contribution >= 4 is 29.3 Å². The van der Waals surface area contributed by atoms with Crippen molar-refractivity contribution in [2.24, 2.45) is 0 Å². The largest absolute Gasteiger partial charge is 0.484 e. The molecule has 1 heterocycles. The second kappa shape index (κ2) is 9.70. The summed E-state index contributed by atoms with van der Waals surface area (Å²) in [5.41, 5.74) is 1.31. The Bertz CT molecular complexity index is 1090. The number of nitrogens with one attached hydrogen (secondary N) is 1. The van der Waals surface area contributed by atoms with Crippen molar-refractivity contribution in [3.8, 4) is 5.75 Å². The van der Waals surface area contributed by atoms with Crippen LogP contribution in [0.25, 0.3) is 0 Å². The normalized spacial score (nSPS) is 13.3. The lowest BCUT2D eigenvalue weighted by atomic mass is 10.1. The van der Waals surface area contributed by atoms with Crippen LogP contribution in [0.2, 0.25) is 5.02 Å². The number of halogens is 2. The zero-order valence-corrected chi connectivity index (χ0v) is 18.5. The zero-order valence-electron chi connectivity index (χ0n) is 17.0. The maximum absolute atomic E-state index is 13.6. The van der Waals surface area contributed by atoms with E-state index >= 15 is 0 Å². The molecule has 1 aromatic heterocycles. The van der Waals surface area contributed by atoms with E-state index in [0.717, 1.165) is 18.4 Å². The number of carbonyl (C=O) groups excluding carboxylic acids is 1. The molecule has 2 aromatic carbocycles. The maximum atomic E-state index is 13.6. The Hall–Kier alpha value is -2.58. The molecule has 1 amide bonds. The first-order chi connectivity index (χ1) is 15.0. The summed E-state index contributed by atoms with van der Waals surface area (Å²) in [6.45, 7) is 2.24. The predicted octanol–water partition coefficient (Wildman–Crippen LogP) is 4.70. The Morgan fingerprint density at radius 1 is 1.29 bits per heavy atom. The molecule has 1 fully saturated rings.